The summed E-state index contributed by atoms with van der Waals surface area (Å²) in [6, 6.07) is 13.1. The third kappa shape index (κ3) is 3.80. The summed E-state index contributed by atoms with van der Waals surface area (Å²) < 4.78 is 5.34. The highest BCUT2D eigenvalue weighted by Crippen LogP contribution is 2.32. The number of H-pyrrole nitrogens is 1. The normalized spacial score (nSPS) is 10.7. The van der Waals surface area contributed by atoms with Crippen LogP contribution >= 0.6 is 35.0 Å². The maximum atomic E-state index is 6.16. The highest BCUT2D eigenvalue weighted by Gasteiger charge is 2.12. The van der Waals surface area contributed by atoms with Crippen molar-refractivity contribution in [1.82, 2.24) is 15.2 Å². The number of ether oxygens (including phenoxy) is 1. The van der Waals surface area contributed by atoms with Crippen molar-refractivity contribution in [2.75, 3.05) is 7.11 Å². The Morgan fingerprint density at radius 2 is 2.00 bits per heavy atom. The number of aromatic amines is 1. The summed E-state index contributed by atoms with van der Waals surface area (Å²) in [5.41, 5.74) is 1.82. The first-order valence-electron chi connectivity index (χ1n) is 6.80. The molecular formula is C16H13Cl2N3OS. The lowest BCUT2D eigenvalue weighted by molar-refractivity contribution is 0.416. The number of halogens is 2. The molecule has 3 aromatic rings. The highest BCUT2D eigenvalue weighted by molar-refractivity contribution is 7.98. The maximum absolute atomic E-state index is 6.16. The van der Waals surface area contributed by atoms with Gasteiger partial charge in [0.05, 0.1) is 12.7 Å². The van der Waals surface area contributed by atoms with Gasteiger partial charge in [0.25, 0.3) is 0 Å². The van der Waals surface area contributed by atoms with Crippen LogP contribution in [-0.2, 0) is 5.75 Å². The fraction of sp³-hybridized carbons (Fsp3) is 0.125. The monoisotopic (exact) mass is 365 g/mol. The molecule has 3 rings (SSSR count). The van der Waals surface area contributed by atoms with E-state index in [1.54, 1.807) is 25.3 Å². The van der Waals surface area contributed by atoms with Gasteiger partial charge in [0, 0.05) is 15.8 Å². The molecule has 118 valence electrons. The topological polar surface area (TPSA) is 50.8 Å². The average molecular weight is 366 g/mol. The molecule has 0 amide bonds. The first kappa shape index (κ1) is 16.2. The van der Waals surface area contributed by atoms with E-state index in [1.165, 1.54) is 11.8 Å². The minimum Gasteiger partial charge on any atom is -0.496 e. The van der Waals surface area contributed by atoms with Crippen LogP contribution in [0, 0.1) is 0 Å². The molecule has 0 aliphatic rings. The van der Waals surface area contributed by atoms with Crippen LogP contribution in [0.4, 0.5) is 0 Å². The zero-order valence-corrected chi connectivity index (χ0v) is 14.5. The first-order valence-corrected chi connectivity index (χ1v) is 8.54. The van der Waals surface area contributed by atoms with E-state index in [1.807, 2.05) is 24.3 Å². The highest BCUT2D eigenvalue weighted by atomic mass is 35.5. The van der Waals surface area contributed by atoms with Gasteiger partial charge >= 0.3 is 0 Å². The maximum Gasteiger partial charge on any atom is 0.209 e. The Balaban J connectivity index is 1.79. The largest absolute Gasteiger partial charge is 0.496 e. The van der Waals surface area contributed by atoms with Crippen LogP contribution in [-0.4, -0.2) is 22.3 Å². The molecule has 0 fully saturated rings. The van der Waals surface area contributed by atoms with Crippen molar-refractivity contribution in [2.24, 2.45) is 0 Å². The molecule has 0 radical (unpaired) electrons. The third-order valence-electron chi connectivity index (χ3n) is 3.20. The Bertz CT molecular complexity index is 823. The molecule has 1 N–H and O–H groups in total. The predicted molar refractivity (Wildman–Crippen MR) is 94.4 cm³/mol. The van der Waals surface area contributed by atoms with E-state index >= 15 is 0 Å². The van der Waals surface area contributed by atoms with E-state index in [9.17, 15) is 0 Å². The molecule has 1 aromatic heterocycles. The minimum absolute atomic E-state index is 0.613. The number of benzene rings is 2. The third-order valence-corrected chi connectivity index (χ3v) is 4.70. The lowest BCUT2D eigenvalue weighted by Crippen LogP contribution is -1.89. The summed E-state index contributed by atoms with van der Waals surface area (Å²) in [6.45, 7) is 0. The molecule has 0 bridgehead atoms. The minimum atomic E-state index is 0.613. The number of rotatable bonds is 5. The summed E-state index contributed by atoms with van der Waals surface area (Å²) in [4.78, 5) is 4.49. The van der Waals surface area contributed by atoms with Gasteiger partial charge in [0.1, 0.15) is 5.75 Å². The molecule has 0 spiro atoms. The summed E-state index contributed by atoms with van der Waals surface area (Å²) in [5, 5.41) is 9.15. The number of hydrogen-bond acceptors (Lipinski definition) is 4. The zero-order chi connectivity index (χ0) is 16.2. The van der Waals surface area contributed by atoms with Crippen molar-refractivity contribution in [1.29, 1.82) is 0 Å². The number of thioether (sulfide) groups is 1. The molecule has 4 nitrogen and oxygen atoms in total. The SMILES string of the molecule is COc1ccc(Cl)cc1-c1nc(SCc2ccccc2Cl)n[nH]1. The van der Waals surface area contributed by atoms with Crippen LogP contribution in [0.15, 0.2) is 47.6 Å². The standard InChI is InChI=1S/C16H13Cl2N3OS/c1-22-14-7-6-11(17)8-12(14)15-19-16(21-20-15)23-9-10-4-2-3-5-13(10)18/h2-8H,9H2,1H3,(H,19,20,21). The van der Waals surface area contributed by atoms with Gasteiger partial charge in [-0.05, 0) is 29.8 Å². The van der Waals surface area contributed by atoms with Crippen LogP contribution in [0.5, 0.6) is 5.75 Å². The smallest absolute Gasteiger partial charge is 0.209 e. The van der Waals surface area contributed by atoms with Gasteiger partial charge in [-0.25, -0.2) is 4.98 Å². The zero-order valence-electron chi connectivity index (χ0n) is 12.2. The van der Waals surface area contributed by atoms with Crippen molar-refractivity contribution < 1.29 is 4.74 Å². The van der Waals surface area contributed by atoms with Crippen LogP contribution < -0.4 is 4.74 Å². The summed E-state index contributed by atoms with van der Waals surface area (Å²) in [5.74, 6) is 2.00. The Morgan fingerprint density at radius 1 is 1.17 bits per heavy atom. The van der Waals surface area contributed by atoms with Crippen molar-refractivity contribution in [3.05, 3.63) is 58.1 Å². The van der Waals surface area contributed by atoms with E-state index in [4.69, 9.17) is 27.9 Å². The predicted octanol–water partition coefficient (Wildman–Crippen LogP) is 5.08. The van der Waals surface area contributed by atoms with Crippen molar-refractivity contribution >= 4 is 35.0 Å². The molecule has 0 unspecified atom stereocenters. The Labute approximate surface area is 148 Å². The van der Waals surface area contributed by atoms with E-state index in [0.717, 1.165) is 16.1 Å². The van der Waals surface area contributed by atoms with Crippen LogP contribution in [0.25, 0.3) is 11.4 Å². The quantitative estimate of drug-likeness (QED) is 0.640. The summed E-state index contributed by atoms with van der Waals surface area (Å²) in [6.07, 6.45) is 0. The average Bonchev–Trinajstić information content (AvgIpc) is 3.03. The van der Waals surface area contributed by atoms with Crippen LogP contribution in [0.2, 0.25) is 10.0 Å². The Morgan fingerprint density at radius 3 is 2.78 bits per heavy atom. The number of aromatic nitrogens is 3. The molecule has 0 saturated heterocycles. The number of nitrogens with one attached hydrogen (secondary N) is 1. The molecular weight excluding hydrogens is 353 g/mol. The van der Waals surface area contributed by atoms with Gasteiger partial charge in [0.15, 0.2) is 5.82 Å². The Hall–Kier alpha value is -1.69. The first-order chi connectivity index (χ1) is 11.2. The molecule has 7 heteroatoms. The molecule has 1 heterocycles. The van der Waals surface area contributed by atoms with Gasteiger partial charge in [-0.1, -0.05) is 53.2 Å². The lowest BCUT2D eigenvalue weighted by atomic mass is 10.2. The molecule has 0 aliphatic heterocycles. The Kier molecular flexibility index (Phi) is 5.10. The van der Waals surface area contributed by atoms with Gasteiger partial charge < -0.3 is 4.74 Å². The number of hydrogen-bond donors (Lipinski definition) is 1. The van der Waals surface area contributed by atoms with Crippen LogP contribution in [0.3, 0.4) is 0 Å². The van der Waals surface area contributed by atoms with Gasteiger partial charge in [0.2, 0.25) is 5.16 Å². The van der Waals surface area contributed by atoms with Crippen molar-refractivity contribution in [2.45, 2.75) is 10.9 Å². The van der Waals surface area contributed by atoms with Crippen LogP contribution in [0.1, 0.15) is 5.56 Å². The van der Waals surface area contributed by atoms with E-state index in [0.29, 0.717) is 27.5 Å². The molecule has 0 saturated carbocycles. The fourth-order valence-corrected chi connectivity index (χ4v) is 3.31. The van der Waals surface area contributed by atoms with Gasteiger partial charge in [-0.15, -0.1) is 5.10 Å². The molecule has 0 aliphatic carbocycles. The van der Waals surface area contributed by atoms with Gasteiger partial charge in [-0.3, -0.25) is 5.10 Å². The summed E-state index contributed by atoms with van der Waals surface area (Å²) in [7, 11) is 1.61. The molecule has 23 heavy (non-hydrogen) atoms. The molecule has 0 atom stereocenters. The van der Waals surface area contributed by atoms with E-state index in [2.05, 4.69) is 15.2 Å². The molecule has 2 aromatic carbocycles. The van der Waals surface area contributed by atoms with Crippen molar-refractivity contribution in [3.8, 4) is 17.1 Å². The van der Waals surface area contributed by atoms with Gasteiger partial charge in [-0.2, -0.15) is 0 Å². The van der Waals surface area contributed by atoms with Crippen molar-refractivity contribution in [3.63, 3.8) is 0 Å². The van der Waals surface area contributed by atoms with E-state index in [-0.39, 0.29) is 0 Å². The van der Waals surface area contributed by atoms with E-state index < -0.39 is 0 Å². The lowest BCUT2D eigenvalue weighted by Gasteiger charge is -2.05. The summed E-state index contributed by atoms with van der Waals surface area (Å²) >= 11 is 13.7. The second-order valence-corrected chi connectivity index (χ2v) is 6.48. The number of nitrogens with zero attached hydrogens (tertiary/aromatic N) is 2. The number of methoxy groups -OCH3 is 1. The second-order valence-electron chi connectivity index (χ2n) is 4.69. The fourth-order valence-electron chi connectivity index (χ4n) is 2.05. The second kappa shape index (κ2) is 7.25.